The van der Waals surface area contributed by atoms with Crippen LogP contribution in [0.25, 0.3) is 0 Å². The Labute approximate surface area is 155 Å². The Bertz CT molecular complexity index is 967. The number of hydrogen-bond acceptors (Lipinski definition) is 5. The molecule has 3 amide bonds. The molecule has 0 bridgehead atoms. The Balaban J connectivity index is 1.56. The maximum absolute atomic E-state index is 12.6. The van der Waals surface area contributed by atoms with Crippen LogP contribution in [-0.2, 0) is 0 Å². The molecule has 0 unspecified atom stereocenters. The molecule has 1 N–H and O–H groups in total. The molecule has 0 saturated carbocycles. The number of carbonyl (C=O) groups is 3. The number of nitrogens with one attached hydrogen (secondary N) is 1. The molecule has 7 heteroatoms. The fourth-order valence-corrected chi connectivity index (χ4v) is 3.14. The van der Waals surface area contributed by atoms with Crippen LogP contribution in [0.5, 0.6) is 11.5 Å². The normalized spacial score (nSPS) is 14.7. The summed E-state index contributed by atoms with van der Waals surface area (Å²) < 4.78 is 10.5. The first-order chi connectivity index (χ1) is 12.9. The monoisotopic (exact) mass is 366 g/mol. The van der Waals surface area contributed by atoms with Gasteiger partial charge in [-0.3, -0.25) is 19.3 Å². The maximum atomic E-state index is 12.6. The van der Waals surface area contributed by atoms with Crippen molar-refractivity contribution in [1.82, 2.24) is 4.90 Å². The molecule has 2 aliphatic rings. The molecular weight excluding hydrogens is 348 g/mol. The molecular formula is C20H18N2O5. The molecule has 27 heavy (non-hydrogen) atoms. The zero-order valence-electron chi connectivity index (χ0n) is 14.9. The zero-order chi connectivity index (χ0) is 19.1. The van der Waals surface area contributed by atoms with Crippen molar-refractivity contribution < 1.29 is 23.9 Å². The molecule has 0 saturated heterocycles. The van der Waals surface area contributed by atoms with Crippen LogP contribution in [0.3, 0.4) is 0 Å². The van der Waals surface area contributed by atoms with Crippen molar-refractivity contribution >= 4 is 23.4 Å². The van der Waals surface area contributed by atoms with Gasteiger partial charge in [-0.05, 0) is 36.2 Å². The van der Waals surface area contributed by atoms with Gasteiger partial charge in [0.25, 0.3) is 17.7 Å². The minimum atomic E-state index is -0.376. The van der Waals surface area contributed by atoms with Gasteiger partial charge in [0.2, 0.25) is 6.79 Å². The maximum Gasteiger partial charge on any atom is 0.261 e. The van der Waals surface area contributed by atoms with E-state index in [-0.39, 0.29) is 36.0 Å². The summed E-state index contributed by atoms with van der Waals surface area (Å²) in [5.74, 6) is 0.305. The largest absolute Gasteiger partial charge is 0.454 e. The number of rotatable bonds is 4. The standard InChI is InChI=1S/C20H18N2O5/c1-11(2)9-22-19(24)14-5-3-12(7-15(14)20(22)25)18(23)21-13-4-6-16-17(8-13)27-10-26-16/h3-8,11H,9-10H2,1-2H3,(H,21,23). The van der Waals surface area contributed by atoms with Crippen molar-refractivity contribution in [3.8, 4) is 11.5 Å². The Morgan fingerprint density at radius 3 is 2.56 bits per heavy atom. The topological polar surface area (TPSA) is 84.9 Å². The van der Waals surface area contributed by atoms with Crippen LogP contribution in [0, 0.1) is 5.92 Å². The van der Waals surface area contributed by atoms with Crippen molar-refractivity contribution in [2.45, 2.75) is 13.8 Å². The molecule has 2 heterocycles. The zero-order valence-corrected chi connectivity index (χ0v) is 14.9. The summed E-state index contributed by atoms with van der Waals surface area (Å²) in [5.41, 5.74) is 1.45. The number of anilines is 1. The quantitative estimate of drug-likeness (QED) is 0.841. The minimum absolute atomic E-state index is 0.153. The van der Waals surface area contributed by atoms with Crippen molar-refractivity contribution in [2.75, 3.05) is 18.7 Å². The van der Waals surface area contributed by atoms with Crippen molar-refractivity contribution in [2.24, 2.45) is 5.92 Å². The Kier molecular flexibility index (Phi) is 4.07. The fraction of sp³-hybridized carbons (Fsp3) is 0.250. The summed E-state index contributed by atoms with van der Waals surface area (Å²) in [6.45, 7) is 4.38. The summed E-state index contributed by atoms with van der Waals surface area (Å²) in [6.07, 6.45) is 0. The van der Waals surface area contributed by atoms with Gasteiger partial charge in [-0.1, -0.05) is 13.8 Å². The summed E-state index contributed by atoms with van der Waals surface area (Å²) in [6, 6.07) is 9.64. The SMILES string of the molecule is CC(C)CN1C(=O)c2ccc(C(=O)Nc3ccc4c(c3)OCO4)cc2C1=O. The van der Waals surface area contributed by atoms with E-state index in [4.69, 9.17) is 9.47 Å². The Hall–Kier alpha value is -3.35. The summed E-state index contributed by atoms with van der Waals surface area (Å²) >= 11 is 0. The molecule has 0 spiro atoms. The number of benzene rings is 2. The smallest absolute Gasteiger partial charge is 0.261 e. The van der Waals surface area contributed by atoms with Gasteiger partial charge in [-0.25, -0.2) is 0 Å². The van der Waals surface area contributed by atoms with Crippen LogP contribution < -0.4 is 14.8 Å². The van der Waals surface area contributed by atoms with Crippen LogP contribution in [0.4, 0.5) is 5.69 Å². The van der Waals surface area contributed by atoms with E-state index >= 15 is 0 Å². The second-order valence-electron chi connectivity index (χ2n) is 6.90. The molecule has 0 aliphatic carbocycles. The van der Waals surface area contributed by atoms with Crippen LogP contribution in [-0.4, -0.2) is 36.0 Å². The molecule has 2 aliphatic heterocycles. The number of fused-ring (bicyclic) bond motifs is 2. The highest BCUT2D eigenvalue weighted by molar-refractivity contribution is 6.22. The van der Waals surface area contributed by atoms with E-state index < -0.39 is 0 Å². The predicted octanol–water partition coefficient (Wildman–Crippen LogP) is 2.92. The van der Waals surface area contributed by atoms with Gasteiger partial charge in [-0.15, -0.1) is 0 Å². The van der Waals surface area contributed by atoms with Gasteiger partial charge < -0.3 is 14.8 Å². The van der Waals surface area contributed by atoms with E-state index in [0.717, 1.165) is 0 Å². The average Bonchev–Trinajstić information content (AvgIpc) is 3.19. The lowest BCUT2D eigenvalue weighted by Gasteiger charge is -2.15. The van der Waals surface area contributed by atoms with E-state index in [2.05, 4.69) is 5.32 Å². The highest BCUT2D eigenvalue weighted by atomic mass is 16.7. The van der Waals surface area contributed by atoms with E-state index in [1.165, 1.54) is 17.0 Å². The second-order valence-corrected chi connectivity index (χ2v) is 6.90. The third-order valence-electron chi connectivity index (χ3n) is 4.41. The predicted molar refractivity (Wildman–Crippen MR) is 97.2 cm³/mol. The van der Waals surface area contributed by atoms with Crippen molar-refractivity contribution in [3.05, 3.63) is 53.1 Å². The number of carbonyl (C=O) groups excluding carboxylic acids is 3. The first-order valence-corrected chi connectivity index (χ1v) is 8.65. The molecule has 7 nitrogen and oxygen atoms in total. The highest BCUT2D eigenvalue weighted by Crippen LogP contribution is 2.34. The summed E-state index contributed by atoms with van der Waals surface area (Å²) in [4.78, 5) is 38.7. The number of ether oxygens (including phenoxy) is 2. The molecule has 0 aromatic heterocycles. The lowest BCUT2D eigenvalue weighted by molar-refractivity contribution is 0.0636. The second kappa shape index (κ2) is 6.42. The van der Waals surface area contributed by atoms with E-state index in [0.29, 0.717) is 34.9 Å². The van der Waals surface area contributed by atoms with Crippen molar-refractivity contribution in [3.63, 3.8) is 0 Å². The van der Waals surface area contributed by atoms with Crippen LogP contribution in [0.15, 0.2) is 36.4 Å². The van der Waals surface area contributed by atoms with Crippen LogP contribution >= 0.6 is 0 Å². The average molecular weight is 366 g/mol. The molecule has 2 aromatic carbocycles. The van der Waals surface area contributed by atoms with Crippen LogP contribution in [0.1, 0.15) is 44.9 Å². The third-order valence-corrected chi connectivity index (χ3v) is 4.41. The van der Waals surface area contributed by atoms with Gasteiger partial charge in [0.05, 0.1) is 11.1 Å². The number of hydrogen-bond donors (Lipinski definition) is 1. The lowest BCUT2D eigenvalue weighted by atomic mass is 10.1. The van der Waals surface area contributed by atoms with Gasteiger partial charge >= 0.3 is 0 Å². The first-order valence-electron chi connectivity index (χ1n) is 8.65. The van der Waals surface area contributed by atoms with Gasteiger partial charge in [0, 0.05) is 23.9 Å². The van der Waals surface area contributed by atoms with Crippen LogP contribution in [0.2, 0.25) is 0 Å². The fourth-order valence-electron chi connectivity index (χ4n) is 3.14. The molecule has 2 aromatic rings. The summed E-state index contributed by atoms with van der Waals surface area (Å²) in [7, 11) is 0. The molecule has 138 valence electrons. The first kappa shape index (κ1) is 17.1. The van der Waals surface area contributed by atoms with E-state index in [1.54, 1.807) is 24.3 Å². The van der Waals surface area contributed by atoms with E-state index in [1.807, 2.05) is 13.8 Å². The van der Waals surface area contributed by atoms with Gasteiger partial charge in [-0.2, -0.15) is 0 Å². The third kappa shape index (κ3) is 3.01. The Morgan fingerprint density at radius 2 is 1.78 bits per heavy atom. The number of amides is 3. The highest BCUT2D eigenvalue weighted by Gasteiger charge is 2.36. The molecule has 0 atom stereocenters. The summed E-state index contributed by atoms with van der Waals surface area (Å²) in [5, 5.41) is 2.76. The minimum Gasteiger partial charge on any atom is -0.454 e. The van der Waals surface area contributed by atoms with Gasteiger partial charge in [0.1, 0.15) is 0 Å². The molecule has 4 rings (SSSR count). The lowest BCUT2D eigenvalue weighted by Crippen LogP contribution is -2.33. The Morgan fingerprint density at radius 1 is 1.04 bits per heavy atom. The number of nitrogens with zero attached hydrogens (tertiary/aromatic N) is 1. The van der Waals surface area contributed by atoms with Gasteiger partial charge in [0.15, 0.2) is 11.5 Å². The molecule has 0 fully saturated rings. The van der Waals surface area contributed by atoms with Crippen molar-refractivity contribution in [1.29, 1.82) is 0 Å². The number of imide groups is 1. The molecule has 0 radical (unpaired) electrons. The van der Waals surface area contributed by atoms with E-state index in [9.17, 15) is 14.4 Å².